The highest BCUT2D eigenvalue weighted by Crippen LogP contribution is 2.33. The molecule has 0 bridgehead atoms. The largest absolute Gasteiger partial charge is 0.371 e. The summed E-state index contributed by atoms with van der Waals surface area (Å²) in [6.45, 7) is 8.47. The smallest absolute Gasteiger partial charge is 0.0402 e. The molecule has 0 aromatic heterocycles. The van der Waals surface area contributed by atoms with E-state index in [2.05, 4.69) is 78.3 Å². The number of hydrogen-bond donors (Lipinski definition) is 1. The molecule has 2 heteroatoms. The first kappa shape index (κ1) is 17.4. The van der Waals surface area contributed by atoms with E-state index >= 15 is 0 Å². The normalized spacial score (nSPS) is 23.5. The molecule has 1 N–H and O–H groups in total. The molecule has 4 rings (SSSR count). The first-order valence-corrected chi connectivity index (χ1v) is 10.0. The molecule has 2 aromatic carbocycles. The van der Waals surface area contributed by atoms with Crippen molar-refractivity contribution in [1.29, 1.82) is 0 Å². The van der Waals surface area contributed by atoms with Crippen LogP contribution in [0, 0.1) is 12.8 Å². The Bertz CT molecular complexity index is 738. The van der Waals surface area contributed by atoms with Crippen molar-refractivity contribution in [3.8, 4) is 11.1 Å². The maximum atomic E-state index is 3.91. The molecule has 2 aromatic rings. The summed E-state index contributed by atoms with van der Waals surface area (Å²) in [4.78, 5) is 2.58. The lowest BCUT2D eigenvalue weighted by atomic mass is 9.80. The average molecular weight is 347 g/mol. The van der Waals surface area contributed by atoms with Crippen molar-refractivity contribution >= 4 is 5.69 Å². The van der Waals surface area contributed by atoms with Gasteiger partial charge in [-0.3, -0.25) is 0 Å². The van der Waals surface area contributed by atoms with Crippen molar-refractivity contribution in [3.63, 3.8) is 0 Å². The van der Waals surface area contributed by atoms with Gasteiger partial charge < -0.3 is 10.2 Å². The van der Waals surface area contributed by atoms with E-state index < -0.39 is 0 Å². The summed E-state index contributed by atoms with van der Waals surface area (Å²) in [6, 6.07) is 18.9. The Morgan fingerprint density at radius 1 is 0.962 bits per heavy atom. The molecule has 1 heterocycles. The summed E-state index contributed by atoms with van der Waals surface area (Å²) in [5.41, 5.74) is 5.47. The van der Waals surface area contributed by atoms with Gasteiger partial charge >= 0.3 is 0 Å². The van der Waals surface area contributed by atoms with Crippen molar-refractivity contribution in [2.45, 2.75) is 44.7 Å². The van der Waals surface area contributed by atoms with Gasteiger partial charge in [0, 0.05) is 30.9 Å². The molecule has 2 nitrogen and oxygen atoms in total. The van der Waals surface area contributed by atoms with Gasteiger partial charge in [-0.1, -0.05) is 48.5 Å². The zero-order valence-corrected chi connectivity index (χ0v) is 15.8. The van der Waals surface area contributed by atoms with Gasteiger partial charge in [-0.05, 0) is 61.3 Å². The van der Waals surface area contributed by atoms with Gasteiger partial charge in [0.1, 0.15) is 0 Å². The van der Waals surface area contributed by atoms with E-state index in [1.807, 2.05) is 0 Å². The summed E-state index contributed by atoms with van der Waals surface area (Å²) < 4.78 is 0. The topological polar surface area (TPSA) is 15.3 Å². The number of anilines is 1. The van der Waals surface area contributed by atoms with Gasteiger partial charge in [-0.25, -0.2) is 0 Å². The molecule has 0 radical (unpaired) electrons. The lowest BCUT2D eigenvalue weighted by molar-refractivity contribution is 0.231. The first-order chi connectivity index (χ1) is 12.7. The zero-order chi connectivity index (χ0) is 17.9. The third-order valence-corrected chi connectivity index (χ3v) is 6.20. The molecule has 0 unspecified atom stereocenters. The lowest BCUT2D eigenvalue weighted by Crippen LogP contribution is -2.50. The second kappa shape index (κ2) is 7.67. The second-order valence-corrected chi connectivity index (χ2v) is 7.91. The standard InChI is InChI=1S/C24H30N2/c1-3-19-16-22(17-19)25-21-12-14-26(15-13-21)24-11-7-10-23(18(24)2)20-8-5-4-6-9-20/h3-11,19,21-22,25H,1,12-17H2,2H3. The SMILES string of the molecule is C=CC1CC(NC2CCN(c3cccc(-c4ccccc4)c3C)CC2)C1. The van der Waals surface area contributed by atoms with E-state index in [9.17, 15) is 0 Å². The van der Waals surface area contributed by atoms with E-state index in [0.717, 1.165) is 25.0 Å². The van der Waals surface area contributed by atoms with Gasteiger partial charge in [-0.2, -0.15) is 0 Å². The van der Waals surface area contributed by atoms with Crippen molar-refractivity contribution in [1.82, 2.24) is 5.32 Å². The van der Waals surface area contributed by atoms with Crippen LogP contribution >= 0.6 is 0 Å². The Hall–Kier alpha value is -2.06. The Labute approximate surface area is 157 Å². The number of rotatable bonds is 5. The maximum absolute atomic E-state index is 3.91. The van der Waals surface area contributed by atoms with E-state index in [1.165, 1.54) is 48.1 Å². The van der Waals surface area contributed by atoms with Crippen LogP contribution in [0.1, 0.15) is 31.2 Å². The number of hydrogen-bond acceptors (Lipinski definition) is 2. The predicted octanol–water partition coefficient (Wildman–Crippen LogP) is 5.19. The van der Waals surface area contributed by atoms with E-state index in [0.29, 0.717) is 6.04 Å². The van der Waals surface area contributed by atoms with Crippen molar-refractivity contribution in [2.24, 2.45) is 5.92 Å². The van der Waals surface area contributed by atoms with E-state index in [-0.39, 0.29) is 0 Å². The lowest BCUT2D eigenvalue weighted by Gasteiger charge is -2.41. The highest BCUT2D eigenvalue weighted by molar-refractivity contribution is 5.74. The van der Waals surface area contributed by atoms with Gasteiger partial charge in [0.2, 0.25) is 0 Å². The number of nitrogens with zero attached hydrogens (tertiary/aromatic N) is 1. The van der Waals surface area contributed by atoms with Crippen LogP contribution in [-0.4, -0.2) is 25.2 Å². The number of benzene rings is 2. The van der Waals surface area contributed by atoms with Crippen LogP contribution in [0.15, 0.2) is 61.2 Å². The molecule has 2 fully saturated rings. The molecule has 136 valence electrons. The van der Waals surface area contributed by atoms with Crippen LogP contribution < -0.4 is 10.2 Å². The van der Waals surface area contributed by atoms with Crippen molar-refractivity contribution < 1.29 is 0 Å². The molecule has 1 aliphatic heterocycles. The fraction of sp³-hybridized carbons (Fsp3) is 0.417. The fourth-order valence-corrected chi connectivity index (χ4v) is 4.51. The van der Waals surface area contributed by atoms with Gasteiger partial charge in [0.25, 0.3) is 0 Å². The molecular weight excluding hydrogens is 316 g/mol. The molecule has 1 aliphatic carbocycles. The summed E-state index contributed by atoms with van der Waals surface area (Å²) >= 11 is 0. The molecule has 0 spiro atoms. The summed E-state index contributed by atoms with van der Waals surface area (Å²) in [6.07, 6.45) is 7.15. The highest BCUT2D eigenvalue weighted by atomic mass is 15.2. The van der Waals surface area contributed by atoms with Crippen LogP contribution in [0.4, 0.5) is 5.69 Å². The van der Waals surface area contributed by atoms with Crippen LogP contribution in [0.5, 0.6) is 0 Å². The molecule has 26 heavy (non-hydrogen) atoms. The van der Waals surface area contributed by atoms with Crippen molar-refractivity contribution in [2.75, 3.05) is 18.0 Å². The molecule has 0 amide bonds. The monoisotopic (exact) mass is 346 g/mol. The summed E-state index contributed by atoms with van der Waals surface area (Å²) in [5.74, 6) is 0.746. The fourth-order valence-electron chi connectivity index (χ4n) is 4.51. The van der Waals surface area contributed by atoms with Gasteiger partial charge in [0.15, 0.2) is 0 Å². The van der Waals surface area contributed by atoms with Crippen LogP contribution in [0.3, 0.4) is 0 Å². The number of allylic oxidation sites excluding steroid dienone is 1. The maximum Gasteiger partial charge on any atom is 0.0402 e. The van der Waals surface area contributed by atoms with Gasteiger partial charge in [-0.15, -0.1) is 6.58 Å². The molecule has 1 saturated heterocycles. The van der Waals surface area contributed by atoms with E-state index in [4.69, 9.17) is 0 Å². The minimum atomic E-state index is 0.680. The molecule has 2 aliphatic rings. The molecule has 1 saturated carbocycles. The number of nitrogens with one attached hydrogen (secondary N) is 1. The summed E-state index contributed by atoms with van der Waals surface area (Å²) in [7, 11) is 0. The Kier molecular flexibility index (Phi) is 5.12. The minimum Gasteiger partial charge on any atom is -0.371 e. The van der Waals surface area contributed by atoms with Crippen LogP contribution in [0.25, 0.3) is 11.1 Å². The first-order valence-electron chi connectivity index (χ1n) is 10.0. The Morgan fingerprint density at radius 2 is 1.69 bits per heavy atom. The Morgan fingerprint density at radius 3 is 2.38 bits per heavy atom. The average Bonchev–Trinajstić information content (AvgIpc) is 2.66. The third kappa shape index (κ3) is 3.57. The van der Waals surface area contributed by atoms with Crippen molar-refractivity contribution in [3.05, 3.63) is 66.7 Å². The predicted molar refractivity (Wildman–Crippen MR) is 112 cm³/mol. The number of piperidine rings is 1. The Balaban J connectivity index is 1.39. The van der Waals surface area contributed by atoms with Crippen LogP contribution in [0.2, 0.25) is 0 Å². The summed E-state index contributed by atoms with van der Waals surface area (Å²) in [5, 5.41) is 3.87. The van der Waals surface area contributed by atoms with Crippen LogP contribution in [-0.2, 0) is 0 Å². The minimum absolute atomic E-state index is 0.680. The zero-order valence-electron chi connectivity index (χ0n) is 15.8. The van der Waals surface area contributed by atoms with Gasteiger partial charge in [0.05, 0.1) is 0 Å². The third-order valence-electron chi connectivity index (χ3n) is 6.20. The highest BCUT2D eigenvalue weighted by Gasteiger charge is 2.30. The molecular formula is C24H30N2. The second-order valence-electron chi connectivity index (χ2n) is 7.91. The quantitative estimate of drug-likeness (QED) is 0.750. The van der Waals surface area contributed by atoms with E-state index in [1.54, 1.807) is 0 Å². The molecule has 0 atom stereocenters.